The van der Waals surface area contributed by atoms with Crippen molar-refractivity contribution in [2.24, 2.45) is 0 Å². The van der Waals surface area contributed by atoms with E-state index in [-0.39, 0.29) is 0 Å². The minimum Gasteiger partial charge on any atom is -0.497 e. The maximum Gasteiger partial charge on any atom is 0.180 e. The Morgan fingerprint density at radius 3 is 2.48 bits per heavy atom. The first-order chi connectivity index (χ1) is 10.2. The van der Waals surface area contributed by atoms with Crippen molar-refractivity contribution in [2.45, 2.75) is 6.54 Å². The number of anilines is 2. The van der Waals surface area contributed by atoms with Crippen LogP contribution >= 0.6 is 11.3 Å². The molecule has 0 saturated carbocycles. The number of nitrogen functional groups attached to an aromatic ring is 1. The molecule has 1 fully saturated rings. The van der Waals surface area contributed by atoms with E-state index in [0.29, 0.717) is 5.13 Å². The van der Waals surface area contributed by atoms with E-state index >= 15 is 0 Å². The van der Waals surface area contributed by atoms with E-state index in [9.17, 15) is 0 Å². The van der Waals surface area contributed by atoms with Crippen molar-refractivity contribution >= 4 is 22.2 Å². The average Bonchev–Trinajstić information content (AvgIpc) is 2.93. The number of nitrogens with zero attached hydrogens (tertiary/aromatic N) is 3. The van der Waals surface area contributed by atoms with Gasteiger partial charge in [-0.1, -0.05) is 0 Å². The van der Waals surface area contributed by atoms with Crippen LogP contribution in [0.15, 0.2) is 30.5 Å². The summed E-state index contributed by atoms with van der Waals surface area (Å²) in [5.74, 6) is 0.903. The number of methoxy groups -OCH3 is 1. The van der Waals surface area contributed by atoms with Crippen LogP contribution in [0.25, 0.3) is 0 Å². The highest BCUT2D eigenvalue weighted by Gasteiger charge is 2.18. The Morgan fingerprint density at radius 2 is 1.90 bits per heavy atom. The zero-order valence-corrected chi connectivity index (χ0v) is 13.0. The summed E-state index contributed by atoms with van der Waals surface area (Å²) < 4.78 is 5.20. The van der Waals surface area contributed by atoms with Crippen LogP contribution in [0.4, 0.5) is 10.8 Å². The number of thiazole rings is 1. The van der Waals surface area contributed by atoms with Crippen LogP contribution in [0.5, 0.6) is 5.75 Å². The highest BCUT2D eigenvalue weighted by atomic mass is 32.1. The van der Waals surface area contributed by atoms with E-state index in [2.05, 4.69) is 26.9 Å². The minimum absolute atomic E-state index is 0.655. The molecule has 0 radical (unpaired) electrons. The lowest BCUT2D eigenvalue weighted by molar-refractivity contribution is 0.252. The van der Waals surface area contributed by atoms with Crippen molar-refractivity contribution in [3.05, 3.63) is 35.3 Å². The molecule has 1 aromatic heterocycles. The van der Waals surface area contributed by atoms with Crippen molar-refractivity contribution in [1.29, 1.82) is 0 Å². The summed E-state index contributed by atoms with van der Waals surface area (Å²) in [7, 11) is 1.69. The molecule has 0 aliphatic carbocycles. The molecule has 1 aliphatic heterocycles. The van der Waals surface area contributed by atoms with E-state index in [1.165, 1.54) is 10.6 Å². The molecule has 0 spiro atoms. The molecule has 1 aromatic carbocycles. The third-order valence-electron chi connectivity index (χ3n) is 3.76. The Bertz CT molecular complexity index is 576. The first kappa shape index (κ1) is 14.2. The highest BCUT2D eigenvalue weighted by Crippen LogP contribution is 2.22. The van der Waals surface area contributed by atoms with Gasteiger partial charge in [-0.2, -0.15) is 0 Å². The molecular formula is C15H20N4OS. The molecule has 0 bridgehead atoms. The molecule has 1 saturated heterocycles. The van der Waals surface area contributed by atoms with Gasteiger partial charge in [0.25, 0.3) is 0 Å². The van der Waals surface area contributed by atoms with Gasteiger partial charge in [0, 0.05) is 49.5 Å². The van der Waals surface area contributed by atoms with Crippen LogP contribution in [-0.4, -0.2) is 43.2 Å². The van der Waals surface area contributed by atoms with Crippen molar-refractivity contribution in [3.8, 4) is 5.75 Å². The number of rotatable bonds is 4. The summed E-state index contributed by atoms with van der Waals surface area (Å²) >= 11 is 1.58. The molecule has 0 unspecified atom stereocenters. The fourth-order valence-corrected chi connectivity index (χ4v) is 3.30. The van der Waals surface area contributed by atoms with E-state index in [1.807, 2.05) is 18.3 Å². The lowest BCUT2D eigenvalue weighted by atomic mass is 10.2. The van der Waals surface area contributed by atoms with Crippen LogP contribution in [0.1, 0.15) is 4.88 Å². The van der Waals surface area contributed by atoms with Crippen LogP contribution in [0.2, 0.25) is 0 Å². The molecule has 0 amide bonds. The van der Waals surface area contributed by atoms with E-state index in [1.54, 1.807) is 18.4 Å². The van der Waals surface area contributed by atoms with Gasteiger partial charge in [0.2, 0.25) is 0 Å². The topological polar surface area (TPSA) is 54.6 Å². The smallest absolute Gasteiger partial charge is 0.180 e. The second kappa shape index (κ2) is 6.32. The molecule has 2 N–H and O–H groups in total. The van der Waals surface area contributed by atoms with Crippen LogP contribution in [0.3, 0.4) is 0 Å². The zero-order valence-electron chi connectivity index (χ0n) is 12.2. The predicted octanol–water partition coefficient (Wildman–Crippen LogP) is 2.06. The SMILES string of the molecule is COc1ccc(N2CCN(Cc3cnc(N)s3)CC2)cc1. The average molecular weight is 304 g/mol. The third kappa shape index (κ3) is 3.46. The van der Waals surface area contributed by atoms with Gasteiger partial charge in [0.15, 0.2) is 5.13 Å². The first-order valence-corrected chi connectivity index (χ1v) is 7.88. The summed E-state index contributed by atoms with van der Waals surface area (Å²) in [5, 5.41) is 0.655. The maximum atomic E-state index is 5.68. The Kier molecular flexibility index (Phi) is 4.26. The Balaban J connectivity index is 1.54. The van der Waals surface area contributed by atoms with Crippen molar-refractivity contribution in [3.63, 3.8) is 0 Å². The molecule has 2 heterocycles. The maximum absolute atomic E-state index is 5.68. The second-order valence-electron chi connectivity index (χ2n) is 5.13. The van der Waals surface area contributed by atoms with E-state index in [0.717, 1.165) is 38.5 Å². The zero-order chi connectivity index (χ0) is 14.7. The quantitative estimate of drug-likeness (QED) is 0.937. The summed E-state index contributed by atoms with van der Waals surface area (Å²) in [5.41, 5.74) is 6.94. The summed E-state index contributed by atoms with van der Waals surface area (Å²) in [6, 6.07) is 8.28. The Morgan fingerprint density at radius 1 is 1.19 bits per heavy atom. The van der Waals surface area contributed by atoms with Gasteiger partial charge in [-0.25, -0.2) is 4.98 Å². The number of piperazine rings is 1. The number of nitrogens with two attached hydrogens (primary N) is 1. The summed E-state index contributed by atoms with van der Waals surface area (Å²) in [4.78, 5) is 10.2. The second-order valence-corrected chi connectivity index (χ2v) is 6.27. The van der Waals surface area contributed by atoms with Crippen LogP contribution in [0, 0.1) is 0 Å². The molecule has 1 aliphatic rings. The van der Waals surface area contributed by atoms with Gasteiger partial charge in [0.1, 0.15) is 5.75 Å². The Hall–Kier alpha value is -1.79. The summed E-state index contributed by atoms with van der Waals surface area (Å²) in [6.45, 7) is 5.15. The predicted molar refractivity (Wildman–Crippen MR) is 87.0 cm³/mol. The van der Waals surface area contributed by atoms with Crippen molar-refractivity contribution in [1.82, 2.24) is 9.88 Å². The lowest BCUT2D eigenvalue weighted by Gasteiger charge is -2.35. The molecule has 3 rings (SSSR count). The normalized spacial score (nSPS) is 16.1. The number of hydrogen-bond acceptors (Lipinski definition) is 6. The lowest BCUT2D eigenvalue weighted by Crippen LogP contribution is -2.45. The van der Waals surface area contributed by atoms with Crippen LogP contribution < -0.4 is 15.4 Å². The van der Waals surface area contributed by atoms with Gasteiger partial charge in [-0.15, -0.1) is 11.3 Å². The molecule has 0 atom stereocenters. The van der Waals surface area contributed by atoms with Crippen LogP contribution in [-0.2, 0) is 6.54 Å². The molecule has 6 heteroatoms. The fourth-order valence-electron chi connectivity index (χ4n) is 2.57. The molecule has 5 nitrogen and oxygen atoms in total. The van der Waals surface area contributed by atoms with E-state index in [4.69, 9.17) is 10.5 Å². The van der Waals surface area contributed by atoms with Gasteiger partial charge < -0.3 is 15.4 Å². The number of benzene rings is 1. The largest absolute Gasteiger partial charge is 0.497 e. The molecule has 112 valence electrons. The highest BCUT2D eigenvalue weighted by molar-refractivity contribution is 7.15. The van der Waals surface area contributed by atoms with E-state index < -0.39 is 0 Å². The molecular weight excluding hydrogens is 284 g/mol. The first-order valence-electron chi connectivity index (χ1n) is 7.06. The van der Waals surface area contributed by atoms with Gasteiger partial charge in [-0.05, 0) is 24.3 Å². The molecule has 21 heavy (non-hydrogen) atoms. The number of ether oxygens (including phenoxy) is 1. The number of hydrogen-bond donors (Lipinski definition) is 1. The van der Waals surface area contributed by atoms with Gasteiger partial charge in [-0.3, -0.25) is 4.90 Å². The van der Waals surface area contributed by atoms with Gasteiger partial charge >= 0.3 is 0 Å². The molecule has 2 aromatic rings. The van der Waals surface area contributed by atoms with Crippen molar-refractivity contribution in [2.75, 3.05) is 43.9 Å². The van der Waals surface area contributed by atoms with Gasteiger partial charge in [0.05, 0.1) is 7.11 Å². The monoisotopic (exact) mass is 304 g/mol. The minimum atomic E-state index is 0.655. The standard InChI is InChI=1S/C15H20N4OS/c1-20-13-4-2-12(3-5-13)19-8-6-18(7-9-19)11-14-10-17-15(16)21-14/h2-5,10H,6-9,11H2,1H3,(H2,16,17). The number of aromatic nitrogens is 1. The summed E-state index contributed by atoms with van der Waals surface area (Å²) in [6.07, 6.45) is 1.88. The van der Waals surface area contributed by atoms with Crippen molar-refractivity contribution < 1.29 is 4.74 Å². The Labute approximate surface area is 129 Å². The third-order valence-corrected chi connectivity index (χ3v) is 4.57. The fraction of sp³-hybridized carbons (Fsp3) is 0.400.